The van der Waals surface area contributed by atoms with Crippen LogP contribution in [0.3, 0.4) is 0 Å². The van der Waals surface area contributed by atoms with E-state index in [4.69, 9.17) is 9.47 Å². The van der Waals surface area contributed by atoms with Crippen molar-refractivity contribution in [2.75, 3.05) is 26.4 Å². The molecule has 0 aromatic heterocycles. The highest BCUT2D eigenvalue weighted by Gasteiger charge is 2.37. The van der Waals surface area contributed by atoms with Crippen molar-refractivity contribution in [2.45, 2.75) is 50.2 Å². The van der Waals surface area contributed by atoms with Gasteiger partial charge in [-0.2, -0.15) is 0 Å². The van der Waals surface area contributed by atoms with Gasteiger partial charge < -0.3 is 24.8 Å². The molecule has 1 saturated carbocycles. The molecule has 0 unspecified atom stereocenters. The summed E-state index contributed by atoms with van der Waals surface area (Å²) in [5.41, 5.74) is 0.0399. The summed E-state index contributed by atoms with van der Waals surface area (Å²) in [4.78, 5) is 13.5. The van der Waals surface area contributed by atoms with Crippen LogP contribution in [0.4, 0.5) is 0 Å². The van der Waals surface area contributed by atoms with Crippen molar-refractivity contribution in [3.05, 3.63) is 23.8 Å². The van der Waals surface area contributed by atoms with Gasteiger partial charge in [0.15, 0.2) is 18.0 Å². The molecule has 6 heteroatoms. The van der Waals surface area contributed by atoms with Crippen molar-refractivity contribution in [1.29, 1.82) is 0 Å². The minimum atomic E-state index is -0.841. The van der Waals surface area contributed by atoms with Crippen molar-refractivity contribution in [3.63, 3.8) is 0 Å². The Morgan fingerprint density at radius 3 is 2.68 bits per heavy atom. The van der Waals surface area contributed by atoms with Gasteiger partial charge in [0.05, 0.1) is 13.1 Å². The van der Waals surface area contributed by atoms with Crippen LogP contribution in [0.25, 0.3) is 0 Å². The number of carbonyl (C=O) groups excluding carboxylic acids is 1. The number of ether oxygens (including phenoxy) is 2. The summed E-state index contributed by atoms with van der Waals surface area (Å²) in [6.07, 6.45) is 5.99. The number of piperidine rings is 1. The molecule has 6 nitrogen and oxygen atoms in total. The second kappa shape index (κ2) is 6.84. The Bertz CT molecular complexity index is 634. The molecule has 4 rings (SSSR count). The van der Waals surface area contributed by atoms with E-state index in [2.05, 4.69) is 5.32 Å². The van der Waals surface area contributed by atoms with Crippen molar-refractivity contribution < 1.29 is 24.3 Å². The average molecular weight is 347 g/mol. The van der Waals surface area contributed by atoms with E-state index in [1.807, 2.05) is 18.2 Å². The van der Waals surface area contributed by atoms with E-state index in [1.54, 1.807) is 0 Å². The van der Waals surface area contributed by atoms with E-state index in [9.17, 15) is 9.90 Å². The Morgan fingerprint density at radius 1 is 1.20 bits per heavy atom. The zero-order chi connectivity index (χ0) is 17.3. The quantitative estimate of drug-likeness (QED) is 0.735. The van der Waals surface area contributed by atoms with Gasteiger partial charge in [-0.05, 0) is 30.5 Å². The van der Waals surface area contributed by atoms with Gasteiger partial charge in [0.25, 0.3) is 5.91 Å². The van der Waals surface area contributed by atoms with Crippen LogP contribution < -0.4 is 19.7 Å². The molecule has 136 valence electrons. The van der Waals surface area contributed by atoms with Gasteiger partial charge >= 0.3 is 0 Å². The Balaban J connectivity index is 1.32. The molecule has 0 radical (unpaired) electrons. The smallest absolute Gasteiger partial charge is 0.275 e. The first-order chi connectivity index (χ1) is 12.1. The lowest BCUT2D eigenvalue weighted by atomic mass is 9.84. The summed E-state index contributed by atoms with van der Waals surface area (Å²) >= 11 is 0. The predicted molar refractivity (Wildman–Crippen MR) is 91.7 cm³/mol. The summed E-state index contributed by atoms with van der Waals surface area (Å²) in [7, 11) is 0. The number of likely N-dealkylation sites (tertiary alicyclic amines) is 1. The lowest BCUT2D eigenvalue weighted by Crippen LogP contribution is -3.14. The molecule has 1 aromatic carbocycles. The molecule has 0 atom stereocenters. The van der Waals surface area contributed by atoms with E-state index in [0.717, 1.165) is 37.2 Å². The highest BCUT2D eigenvalue weighted by Crippen LogP contribution is 2.38. The third-order valence-corrected chi connectivity index (χ3v) is 5.83. The Labute approximate surface area is 148 Å². The molecule has 0 spiro atoms. The molecule has 2 heterocycles. The number of carbonyl (C=O) groups is 1. The summed E-state index contributed by atoms with van der Waals surface area (Å²) in [5.74, 6) is 1.59. The first-order valence-electron chi connectivity index (χ1n) is 9.38. The van der Waals surface area contributed by atoms with E-state index in [0.29, 0.717) is 31.2 Å². The van der Waals surface area contributed by atoms with E-state index in [1.165, 1.54) is 17.7 Å². The third-order valence-electron chi connectivity index (χ3n) is 5.83. The number of amides is 1. The molecule has 0 bridgehead atoms. The SMILES string of the molecule is O=C(C[NH+]1CCC(O)(c2ccc3c(c2)OCO3)CC1)NC1CCCC1. The van der Waals surface area contributed by atoms with Crippen molar-refractivity contribution in [2.24, 2.45) is 0 Å². The highest BCUT2D eigenvalue weighted by atomic mass is 16.7. The van der Waals surface area contributed by atoms with E-state index in [-0.39, 0.29) is 12.7 Å². The third kappa shape index (κ3) is 3.60. The Hall–Kier alpha value is -1.79. The second-order valence-corrected chi connectivity index (χ2v) is 7.58. The molecular formula is C19H27N2O4+. The van der Waals surface area contributed by atoms with Crippen LogP contribution in [0.15, 0.2) is 18.2 Å². The largest absolute Gasteiger partial charge is 0.454 e. The molecule has 2 aliphatic heterocycles. The maximum Gasteiger partial charge on any atom is 0.275 e. The number of benzene rings is 1. The molecule has 1 amide bonds. The Morgan fingerprint density at radius 2 is 1.92 bits per heavy atom. The summed E-state index contributed by atoms with van der Waals surface area (Å²) in [6.45, 7) is 2.34. The standard InChI is InChI=1S/C19H26N2O4/c22-18(20-15-3-1-2-4-15)12-21-9-7-19(23,8-10-21)14-5-6-16-17(11-14)25-13-24-16/h5-6,11,15,23H,1-4,7-10,12-13H2,(H,20,22)/p+1. The number of rotatable bonds is 4. The highest BCUT2D eigenvalue weighted by molar-refractivity contribution is 5.77. The monoisotopic (exact) mass is 347 g/mol. The summed E-state index contributed by atoms with van der Waals surface area (Å²) in [6, 6.07) is 6.05. The molecule has 3 N–H and O–H groups in total. The molecule has 3 aliphatic rings. The number of quaternary nitrogens is 1. The fourth-order valence-electron chi connectivity index (χ4n) is 4.24. The van der Waals surface area contributed by atoms with Crippen molar-refractivity contribution in [1.82, 2.24) is 5.32 Å². The van der Waals surface area contributed by atoms with Gasteiger partial charge in [0.2, 0.25) is 6.79 Å². The maximum atomic E-state index is 12.2. The fourth-order valence-corrected chi connectivity index (χ4v) is 4.24. The molecule has 1 aromatic rings. The molecule has 25 heavy (non-hydrogen) atoms. The van der Waals surface area contributed by atoms with Gasteiger partial charge in [0.1, 0.15) is 5.60 Å². The first kappa shape index (κ1) is 16.7. The predicted octanol–water partition coefficient (Wildman–Crippen LogP) is 0.340. The van der Waals surface area contributed by atoms with Crippen molar-refractivity contribution >= 4 is 5.91 Å². The van der Waals surface area contributed by atoms with Crippen LogP contribution in [-0.2, 0) is 10.4 Å². The zero-order valence-electron chi connectivity index (χ0n) is 14.6. The fraction of sp³-hybridized carbons (Fsp3) is 0.632. The number of fused-ring (bicyclic) bond motifs is 1. The topological polar surface area (TPSA) is 72.2 Å². The number of aliphatic hydroxyl groups is 1. The van der Waals surface area contributed by atoms with Crippen LogP contribution in [0.1, 0.15) is 44.1 Å². The normalized spacial score (nSPS) is 28.9. The molecule has 1 saturated heterocycles. The first-order valence-corrected chi connectivity index (χ1v) is 9.38. The Kier molecular flexibility index (Phi) is 4.56. The van der Waals surface area contributed by atoms with E-state index >= 15 is 0 Å². The minimum absolute atomic E-state index is 0.149. The molecule has 1 aliphatic carbocycles. The van der Waals surface area contributed by atoms with Gasteiger partial charge in [0, 0.05) is 18.9 Å². The van der Waals surface area contributed by atoms with Gasteiger partial charge in [-0.25, -0.2) is 0 Å². The van der Waals surface area contributed by atoms with Crippen molar-refractivity contribution in [3.8, 4) is 11.5 Å². The van der Waals surface area contributed by atoms with Crippen LogP contribution >= 0.6 is 0 Å². The summed E-state index contributed by atoms with van der Waals surface area (Å²) < 4.78 is 10.8. The molecule has 2 fully saturated rings. The van der Waals surface area contributed by atoms with Gasteiger partial charge in [-0.15, -0.1) is 0 Å². The van der Waals surface area contributed by atoms with Crippen LogP contribution in [0.5, 0.6) is 11.5 Å². The number of nitrogens with one attached hydrogen (secondary N) is 2. The van der Waals surface area contributed by atoms with Gasteiger partial charge in [-0.1, -0.05) is 18.9 Å². The van der Waals surface area contributed by atoms with Gasteiger partial charge in [-0.3, -0.25) is 4.79 Å². The van der Waals surface area contributed by atoms with E-state index < -0.39 is 5.60 Å². The lowest BCUT2D eigenvalue weighted by Gasteiger charge is -2.36. The minimum Gasteiger partial charge on any atom is -0.454 e. The van der Waals surface area contributed by atoms with Crippen LogP contribution in [-0.4, -0.2) is 43.5 Å². The molecular weight excluding hydrogens is 320 g/mol. The van der Waals surface area contributed by atoms with Crippen LogP contribution in [0.2, 0.25) is 0 Å². The second-order valence-electron chi connectivity index (χ2n) is 7.58. The maximum absolute atomic E-state index is 12.2. The average Bonchev–Trinajstić information content (AvgIpc) is 3.27. The zero-order valence-corrected chi connectivity index (χ0v) is 14.6. The lowest BCUT2D eigenvalue weighted by molar-refractivity contribution is -0.900. The number of hydrogen-bond acceptors (Lipinski definition) is 4. The van der Waals surface area contributed by atoms with Crippen LogP contribution in [0, 0.1) is 0 Å². The summed E-state index contributed by atoms with van der Waals surface area (Å²) in [5, 5.41) is 14.2. The number of hydrogen-bond donors (Lipinski definition) is 3.